The molecule has 0 bridgehead atoms. The van der Waals surface area contributed by atoms with Crippen LogP contribution in [-0.2, 0) is 17.9 Å². The Bertz CT molecular complexity index is 1260. The Morgan fingerprint density at radius 3 is 2.65 bits per heavy atom. The van der Waals surface area contributed by atoms with Crippen molar-refractivity contribution in [3.05, 3.63) is 88.2 Å². The van der Waals surface area contributed by atoms with Gasteiger partial charge in [-0.3, -0.25) is 4.79 Å². The summed E-state index contributed by atoms with van der Waals surface area (Å²) in [5.41, 5.74) is 5.61. The molecule has 0 radical (unpaired) electrons. The number of imidazole rings is 1. The predicted molar refractivity (Wildman–Crippen MR) is 125 cm³/mol. The lowest BCUT2D eigenvalue weighted by Gasteiger charge is -2.13. The molecule has 0 fully saturated rings. The standard InChI is InChI=1S/C25H24ClN3O2/c1-16-8-9-17(2)22(12-16)28-25(30)14-29-23-7-5-4-6-21(23)27-24(29)15-31-19-10-11-20(26)18(3)13-19/h4-13H,14-15H2,1-3H3,(H,28,30). The number of benzene rings is 3. The van der Waals surface area contributed by atoms with Crippen molar-refractivity contribution < 1.29 is 9.53 Å². The maximum Gasteiger partial charge on any atom is 0.244 e. The van der Waals surface area contributed by atoms with Crippen LogP contribution < -0.4 is 10.1 Å². The molecular weight excluding hydrogens is 410 g/mol. The largest absolute Gasteiger partial charge is 0.486 e. The number of carbonyl (C=O) groups is 1. The highest BCUT2D eigenvalue weighted by molar-refractivity contribution is 6.31. The number of para-hydroxylation sites is 2. The first-order chi connectivity index (χ1) is 14.9. The summed E-state index contributed by atoms with van der Waals surface area (Å²) >= 11 is 6.10. The van der Waals surface area contributed by atoms with Crippen molar-refractivity contribution in [2.24, 2.45) is 0 Å². The molecule has 4 aromatic rings. The van der Waals surface area contributed by atoms with Crippen LogP contribution >= 0.6 is 11.6 Å². The van der Waals surface area contributed by atoms with Gasteiger partial charge in [-0.1, -0.05) is 35.9 Å². The molecule has 1 amide bonds. The number of halogens is 1. The third-order valence-corrected chi connectivity index (χ3v) is 5.62. The van der Waals surface area contributed by atoms with Gasteiger partial charge in [0.2, 0.25) is 5.91 Å². The minimum atomic E-state index is -0.111. The summed E-state index contributed by atoms with van der Waals surface area (Å²) in [5, 5.41) is 3.72. The molecule has 0 aliphatic rings. The maximum atomic E-state index is 12.9. The van der Waals surface area contributed by atoms with E-state index in [4.69, 9.17) is 21.3 Å². The van der Waals surface area contributed by atoms with Gasteiger partial charge in [-0.15, -0.1) is 0 Å². The molecule has 158 valence electrons. The summed E-state index contributed by atoms with van der Waals surface area (Å²) in [7, 11) is 0. The van der Waals surface area contributed by atoms with Crippen molar-refractivity contribution in [1.29, 1.82) is 0 Å². The Morgan fingerprint density at radius 1 is 1.03 bits per heavy atom. The maximum absolute atomic E-state index is 12.9. The average molecular weight is 434 g/mol. The number of aromatic nitrogens is 2. The Hall–Kier alpha value is -3.31. The van der Waals surface area contributed by atoms with Gasteiger partial charge < -0.3 is 14.6 Å². The number of ether oxygens (including phenoxy) is 1. The van der Waals surface area contributed by atoms with E-state index in [0.29, 0.717) is 16.6 Å². The highest BCUT2D eigenvalue weighted by atomic mass is 35.5. The lowest BCUT2D eigenvalue weighted by molar-refractivity contribution is -0.116. The fraction of sp³-hybridized carbons (Fsp3) is 0.200. The number of rotatable bonds is 6. The number of hydrogen-bond acceptors (Lipinski definition) is 3. The summed E-state index contributed by atoms with van der Waals surface area (Å²) in [6.45, 7) is 6.31. The van der Waals surface area contributed by atoms with Crippen LogP contribution in [0.25, 0.3) is 11.0 Å². The second-order valence-corrected chi connectivity index (χ2v) is 8.08. The number of anilines is 1. The summed E-state index contributed by atoms with van der Waals surface area (Å²) in [4.78, 5) is 17.6. The van der Waals surface area contributed by atoms with Gasteiger partial charge in [0.05, 0.1) is 11.0 Å². The van der Waals surface area contributed by atoms with Gasteiger partial charge in [-0.05, 0) is 73.9 Å². The zero-order valence-electron chi connectivity index (χ0n) is 17.8. The number of amides is 1. The van der Waals surface area contributed by atoms with E-state index in [2.05, 4.69) is 5.32 Å². The van der Waals surface area contributed by atoms with Crippen molar-refractivity contribution in [3.63, 3.8) is 0 Å². The molecule has 1 aromatic heterocycles. The van der Waals surface area contributed by atoms with Crippen molar-refractivity contribution >= 4 is 34.2 Å². The van der Waals surface area contributed by atoms with Gasteiger partial charge in [0, 0.05) is 10.7 Å². The lowest BCUT2D eigenvalue weighted by Crippen LogP contribution is -2.21. The summed E-state index contributed by atoms with van der Waals surface area (Å²) in [6.07, 6.45) is 0. The van der Waals surface area contributed by atoms with Crippen molar-refractivity contribution in [1.82, 2.24) is 9.55 Å². The first-order valence-corrected chi connectivity index (χ1v) is 10.5. The van der Waals surface area contributed by atoms with Crippen molar-refractivity contribution in [2.75, 3.05) is 5.32 Å². The SMILES string of the molecule is Cc1ccc(C)c(NC(=O)Cn2c(COc3ccc(Cl)c(C)c3)nc3ccccc32)c1. The second-order valence-electron chi connectivity index (χ2n) is 7.67. The predicted octanol–water partition coefficient (Wildman–Crippen LogP) is 5.83. The molecule has 0 atom stereocenters. The average Bonchev–Trinajstić information content (AvgIpc) is 3.09. The molecule has 6 heteroatoms. The summed E-state index contributed by atoms with van der Waals surface area (Å²) in [6, 6.07) is 19.3. The Morgan fingerprint density at radius 2 is 1.84 bits per heavy atom. The molecule has 4 rings (SSSR count). The normalized spacial score (nSPS) is 11.0. The summed E-state index contributed by atoms with van der Waals surface area (Å²) in [5.74, 6) is 1.28. The van der Waals surface area contributed by atoms with Crippen molar-refractivity contribution in [3.8, 4) is 5.75 Å². The smallest absolute Gasteiger partial charge is 0.244 e. The number of aryl methyl sites for hydroxylation is 3. The molecule has 0 aliphatic carbocycles. The highest BCUT2D eigenvalue weighted by Gasteiger charge is 2.15. The zero-order chi connectivity index (χ0) is 22.0. The lowest BCUT2D eigenvalue weighted by atomic mass is 10.1. The summed E-state index contributed by atoms with van der Waals surface area (Å²) < 4.78 is 7.86. The molecule has 0 saturated carbocycles. The van der Waals surface area contributed by atoms with Gasteiger partial charge in [-0.2, -0.15) is 0 Å². The third kappa shape index (κ3) is 4.72. The Labute approximate surface area is 186 Å². The van der Waals surface area contributed by atoms with Crippen LogP contribution in [0.1, 0.15) is 22.5 Å². The third-order valence-electron chi connectivity index (χ3n) is 5.20. The first-order valence-electron chi connectivity index (χ1n) is 10.1. The van der Waals surface area contributed by atoms with Crippen LogP contribution in [-0.4, -0.2) is 15.5 Å². The minimum Gasteiger partial charge on any atom is -0.486 e. The van der Waals surface area contributed by atoms with Crippen LogP contribution in [0.3, 0.4) is 0 Å². The van der Waals surface area contributed by atoms with Crippen molar-refractivity contribution in [2.45, 2.75) is 33.9 Å². The van der Waals surface area contributed by atoms with Gasteiger partial charge in [-0.25, -0.2) is 4.98 Å². The molecular formula is C25H24ClN3O2. The second kappa shape index (κ2) is 8.82. The van der Waals surface area contributed by atoms with E-state index in [9.17, 15) is 4.79 Å². The fourth-order valence-corrected chi connectivity index (χ4v) is 3.59. The van der Waals surface area contributed by atoms with Crippen LogP contribution in [0.2, 0.25) is 5.02 Å². The molecule has 0 unspecified atom stereocenters. The number of fused-ring (bicyclic) bond motifs is 1. The molecule has 1 heterocycles. The van der Waals surface area contributed by atoms with Crippen LogP contribution in [0, 0.1) is 20.8 Å². The molecule has 1 N–H and O–H groups in total. The van der Waals surface area contributed by atoms with Crippen LogP contribution in [0.4, 0.5) is 5.69 Å². The quantitative estimate of drug-likeness (QED) is 0.416. The van der Waals surface area contributed by atoms with Gasteiger partial charge >= 0.3 is 0 Å². The highest BCUT2D eigenvalue weighted by Crippen LogP contribution is 2.23. The molecule has 0 spiro atoms. The molecule has 31 heavy (non-hydrogen) atoms. The molecule has 3 aromatic carbocycles. The first kappa shape index (κ1) is 20.9. The zero-order valence-corrected chi connectivity index (χ0v) is 18.5. The number of nitrogens with one attached hydrogen (secondary N) is 1. The van der Waals surface area contributed by atoms with Crippen LogP contribution in [0.5, 0.6) is 5.75 Å². The van der Waals surface area contributed by atoms with E-state index in [0.717, 1.165) is 33.4 Å². The Kier molecular flexibility index (Phi) is 5.96. The minimum absolute atomic E-state index is 0.111. The molecule has 5 nitrogen and oxygen atoms in total. The van der Waals surface area contributed by atoms with Gasteiger partial charge in [0.15, 0.2) is 0 Å². The molecule has 0 saturated heterocycles. The number of hydrogen-bond donors (Lipinski definition) is 1. The number of carbonyl (C=O) groups excluding carboxylic acids is 1. The Balaban J connectivity index is 1.58. The van der Waals surface area contributed by atoms with E-state index in [1.165, 1.54) is 0 Å². The van der Waals surface area contributed by atoms with E-state index >= 15 is 0 Å². The van der Waals surface area contributed by atoms with Gasteiger partial charge in [0.25, 0.3) is 0 Å². The molecule has 0 aliphatic heterocycles. The van der Waals surface area contributed by atoms with E-state index < -0.39 is 0 Å². The number of nitrogens with zero attached hydrogens (tertiary/aromatic N) is 2. The topological polar surface area (TPSA) is 56.2 Å². The monoisotopic (exact) mass is 433 g/mol. The van der Waals surface area contributed by atoms with Crippen LogP contribution in [0.15, 0.2) is 60.7 Å². The van der Waals surface area contributed by atoms with E-state index in [-0.39, 0.29) is 19.1 Å². The fourth-order valence-electron chi connectivity index (χ4n) is 3.47. The van der Waals surface area contributed by atoms with E-state index in [1.54, 1.807) is 0 Å². The van der Waals surface area contributed by atoms with E-state index in [1.807, 2.05) is 86.0 Å². The van der Waals surface area contributed by atoms with Gasteiger partial charge in [0.1, 0.15) is 24.7 Å².